The van der Waals surface area contributed by atoms with Gasteiger partial charge in [-0.25, -0.2) is 9.79 Å². The Labute approximate surface area is 170 Å². The maximum Gasteiger partial charge on any atom is 0.335 e. The predicted octanol–water partition coefficient (Wildman–Crippen LogP) is 3.19. The van der Waals surface area contributed by atoms with E-state index in [4.69, 9.17) is 19.8 Å². The fourth-order valence-corrected chi connectivity index (χ4v) is 3.27. The fourth-order valence-electron chi connectivity index (χ4n) is 2.43. The summed E-state index contributed by atoms with van der Waals surface area (Å²) in [6, 6.07) is 13.0. The molecule has 2 aromatic carbocycles. The lowest BCUT2D eigenvalue weighted by Gasteiger charge is -2.08. The molecule has 3 rings (SSSR count). The van der Waals surface area contributed by atoms with E-state index in [0.29, 0.717) is 27.3 Å². The molecule has 1 heterocycles. The molecule has 0 radical (unpaired) electrons. The second kappa shape index (κ2) is 8.95. The van der Waals surface area contributed by atoms with Crippen LogP contribution >= 0.6 is 11.8 Å². The van der Waals surface area contributed by atoms with Gasteiger partial charge in [0.2, 0.25) is 0 Å². The summed E-state index contributed by atoms with van der Waals surface area (Å²) in [5, 5.41) is 20.6. The van der Waals surface area contributed by atoms with Gasteiger partial charge in [0.1, 0.15) is 6.07 Å². The van der Waals surface area contributed by atoms with Gasteiger partial charge in [-0.15, -0.1) is 0 Å². The molecule has 1 aliphatic rings. The van der Waals surface area contributed by atoms with E-state index >= 15 is 0 Å². The van der Waals surface area contributed by atoms with Crippen LogP contribution in [0.5, 0.6) is 11.5 Å². The number of nitrogens with one attached hydrogen (secondary N) is 1. The molecule has 0 unspecified atom stereocenters. The van der Waals surface area contributed by atoms with E-state index in [9.17, 15) is 9.59 Å². The number of aliphatic imine (C=N–C) groups is 1. The maximum atomic E-state index is 12.2. The molecular formula is C20H15N3O5S. The van der Waals surface area contributed by atoms with Gasteiger partial charge in [-0.2, -0.15) is 5.26 Å². The fraction of sp³-hybridized carbons (Fsp3) is 0.100. The molecule has 146 valence electrons. The minimum atomic E-state index is -1.02. The first-order valence-electron chi connectivity index (χ1n) is 8.31. The molecule has 29 heavy (non-hydrogen) atoms. The summed E-state index contributed by atoms with van der Waals surface area (Å²) < 4.78 is 10.5. The second-order valence-electron chi connectivity index (χ2n) is 5.69. The lowest BCUT2D eigenvalue weighted by atomic mass is 10.2. The average Bonchev–Trinajstić information content (AvgIpc) is 3.05. The Morgan fingerprint density at radius 2 is 2.03 bits per heavy atom. The maximum absolute atomic E-state index is 12.2. The van der Waals surface area contributed by atoms with Gasteiger partial charge in [0.25, 0.3) is 5.91 Å². The molecule has 1 saturated heterocycles. The molecule has 1 fully saturated rings. The molecule has 1 aliphatic heterocycles. The van der Waals surface area contributed by atoms with Crippen molar-refractivity contribution in [2.75, 3.05) is 13.7 Å². The largest absolute Gasteiger partial charge is 0.493 e. The Bertz CT molecular complexity index is 1050. The third kappa shape index (κ3) is 4.94. The van der Waals surface area contributed by atoms with Gasteiger partial charge in [-0.3, -0.25) is 4.79 Å². The zero-order valence-corrected chi connectivity index (χ0v) is 16.0. The molecule has 0 aliphatic carbocycles. The summed E-state index contributed by atoms with van der Waals surface area (Å²) in [5.74, 6) is -0.422. The van der Waals surface area contributed by atoms with Crippen LogP contribution in [-0.4, -0.2) is 35.9 Å². The van der Waals surface area contributed by atoms with Crippen molar-refractivity contribution in [3.8, 4) is 17.6 Å². The Morgan fingerprint density at radius 3 is 2.69 bits per heavy atom. The minimum Gasteiger partial charge on any atom is -0.493 e. The molecule has 2 N–H and O–H groups in total. The molecule has 0 spiro atoms. The van der Waals surface area contributed by atoms with Crippen LogP contribution in [0.2, 0.25) is 0 Å². The summed E-state index contributed by atoms with van der Waals surface area (Å²) in [4.78, 5) is 27.9. The number of carboxylic acid groups (broad SMARTS) is 1. The van der Waals surface area contributed by atoms with Crippen molar-refractivity contribution in [3.63, 3.8) is 0 Å². The number of nitriles is 1. The number of hydrogen-bond donors (Lipinski definition) is 2. The zero-order valence-electron chi connectivity index (χ0n) is 15.2. The van der Waals surface area contributed by atoms with Gasteiger partial charge in [0.15, 0.2) is 23.3 Å². The zero-order chi connectivity index (χ0) is 20.8. The first kappa shape index (κ1) is 20.0. The third-order valence-corrected chi connectivity index (χ3v) is 4.68. The summed E-state index contributed by atoms with van der Waals surface area (Å²) >= 11 is 1.17. The van der Waals surface area contributed by atoms with E-state index in [1.165, 1.54) is 31.0 Å². The molecule has 0 saturated carbocycles. The number of aromatic carboxylic acids is 1. The number of carboxylic acids is 1. The number of amides is 1. The number of thioether (sulfide) groups is 1. The number of hydrogen-bond acceptors (Lipinski definition) is 7. The molecule has 0 atom stereocenters. The number of amidine groups is 1. The number of rotatable bonds is 6. The van der Waals surface area contributed by atoms with Crippen LogP contribution < -0.4 is 14.8 Å². The van der Waals surface area contributed by atoms with E-state index in [1.807, 2.05) is 6.07 Å². The van der Waals surface area contributed by atoms with E-state index in [0.717, 1.165) is 5.56 Å². The predicted molar refractivity (Wildman–Crippen MR) is 108 cm³/mol. The SMILES string of the molecule is COc1cc(/C=C2/SC(=Nc3ccc(C(=O)O)cc3)NC2=O)ccc1OCC#N. The van der Waals surface area contributed by atoms with Crippen LogP contribution in [-0.2, 0) is 4.79 Å². The molecule has 2 aromatic rings. The highest BCUT2D eigenvalue weighted by atomic mass is 32.2. The summed E-state index contributed by atoms with van der Waals surface area (Å²) in [5.41, 5.74) is 1.41. The average molecular weight is 409 g/mol. The van der Waals surface area contributed by atoms with Crippen LogP contribution in [0.25, 0.3) is 6.08 Å². The van der Waals surface area contributed by atoms with Crippen molar-refractivity contribution in [2.24, 2.45) is 4.99 Å². The van der Waals surface area contributed by atoms with Gasteiger partial charge in [0, 0.05) is 0 Å². The van der Waals surface area contributed by atoms with E-state index in [2.05, 4.69) is 10.3 Å². The summed E-state index contributed by atoms with van der Waals surface area (Å²) in [6.45, 7) is -0.0949. The third-order valence-electron chi connectivity index (χ3n) is 3.77. The highest BCUT2D eigenvalue weighted by Gasteiger charge is 2.24. The van der Waals surface area contributed by atoms with Gasteiger partial charge in [-0.1, -0.05) is 6.07 Å². The quantitative estimate of drug-likeness (QED) is 0.703. The van der Waals surface area contributed by atoms with Gasteiger partial charge < -0.3 is 19.9 Å². The molecule has 8 nitrogen and oxygen atoms in total. The monoisotopic (exact) mass is 409 g/mol. The summed E-state index contributed by atoms with van der Waals surface area (Å²) in [6.07, 6.45) is 1.69. The Kier molecular flexibility index (Phi) is 6.16. The van der Waals surface area contributed by atoms with Crippen LogP contribution in [0.4, 0.5) is 5.69 Å². The van der Waals surface area contributed by atoms with Crippen molar-refractivity contribution >= 4 is 40.6 Å². The van der Waals surface area contributed by atoms with Gasteiger partial charge >= 0.3 is 5.97 Å². The Morgan fingerprint density at radius 1 is 1.28 bits per heavy atom. The lowest BCUT2D eigenvalue weighted by molar-refractivity contribution is -0.115. The molecule has 0 bridgehead atoms. The molecule has 1 amide bonds. The number of carbonyl (C=O) groups is 2. The van der Waals surface area contributed by atoms with Crippen LogP contribution in [0, 0.1) is 11.3 Å². The van der Waals surface area contributed by atoms with Crippen LogP contribution in [0.3, 0.4) is 0 Å². The van der Waals surface area contributed by atoms with E-state index in [-0.39, 0.29) is 18.1 Å². The van der Waals surface area contributed by atoms with Gasteiger partial charge in [-0.05, 0) is 59.8 Å². The highest BCUT2D eigenvalue weighted by molar-refractivity contribution is 8.18. The van der Waals surface area contributed by atoms with Crippen molar-refractivity contribution < 1.29 is 24.2 Å². The Hall–Kier alpha value is -3.77. The Balaban J connectivity index is 1.78. The summed E-state index contributed by atoms with van der Waals surface area (Å²) in [7, 11) is 1.49. The van der Waals surface area contributed by atoms with Crippen LogP contribution in [0.15, 0.2) is 52.4 Å². The minimum absolute atomic E-state index is 0.0949. The standard InChI is InChI=1S/C20H15N3O5S/c1-27-16-10-12(2-7-15(16)28-9-8-21)11-17-18(24)23-20(29-17)22-14-5-3-13(4-6-14)19(25)26/h2-7,10-11H,9H2,1H3,(H,25,26)(H,22,23,24)/b17-11+. The first-order valence-corrected chi connectivity index (χ1v) is 9.12. The molecule has 0 aromatic heterocycles. The second-order valence-corrected chi connectivity index (χ2v) is 6.72. The smallest absolute Gasteiger partial charge is 0.335 e. The van der Waals surface area contributed by atoms with Crippen LogP contribution in [0.1, 0.15) is 15.9 Å². The number of methoxy groups -OCH3 is 1. The van der Waals surface area contributed by atoms with Gasteiger partial charge in [0.05, 0.1) is 23.3 Å². The topological polar surface area (TPSA) is 121 Å². The van der Waals surface area contributed by atoms with Crippen molar-refractivity contribution in [1.82, 2.24) is 5.32 Å². The molecular weight excluding hydrogens is 394 g/mol. The number of ether oxygens (including phenoxy) is 2. The normalized spacial score (nSPS) is 15.8. The number of benzene rings is 2. The van der Waals surface area contributed by atoms with Crippen molar-refractivity contribution in [3.05, 3.63) is 58.5 Å². The highest BCUT2D eigenvalue weighted by Crippen LogP contribution is 2.32. The van der Waals surface area contributed by atoms with E-state index in [1.54, 1.807) is 36.4 Å². The number of nitrogens with zero attached hydrogens (tertiary/aromatic N) is 2. The van der Waals surface area contributed by atoms with Crippen molar-refractivity contribution in [2.45, 2.75) is 0 Å². The first-order chi connectivity index (χ1) is 14.0. The lowest BCUT2D eigenvalue weighted by Crippen LogP contribution is -2.19. The van der Waals surface area contributed by atoms with E-state index < -0.39 is 5.97 Å². The number of carbonyl (C=O) groups excluding carboxylic acids is 1. The molecule has 9 heteroatoms. The van der Waals surface area contributed by atoms with Crippen molar-refractivity contribution in [1.29, 1.82) is 5.26 Å².